The quantitative estimate of drug-likeness (QED) is 0.877. The first-order chi connectivity index (χ1) is 10.2. The number of aromatic nitrogens is 2. The van der Waals surface area contributed by atoms with E-state index in [2.05, 4.69) is 15.3 Å². The largest absolute Gasteiger partial charge is 0.489 e. The fourth-order valence-electron chi connectivity index (χ4n) is 1.65. The van der Waals surface area contributed by atoms with Crippen LogP contribution >= 0.6 is 11.6 Å². The highest BCUT2D eigenvalue weighted by molar-refractivity contribution is 6.30. The summed E-state index contributed by atoms with van der Waals surface area (Å²) in [7, 11) is 1.47. The molecule has 1 aromatic heterocycles. The summed E-state index contributed by atoms with van der Waals surface area (Å²) in [6.45, 7) is 2.75. The molecule has 0 aliphatic heterocycles. The van der Waals surface area contributed by atoms with Crippen molar-refractivity contribution in [2.45, 2.75) is 13.3 Å². The van der Waals surface area contributed by atoms with Gasteiger partial charge in [0.2, 0.25) is 5.75 Å². The molecular weight excluding hydrogens is 297 g/mol. The van der Waals surface area contributed by atoms with Gasteiger partial charge in [-0.25, -0.2) is 9.37 Å². The lowest BCUT2D eigenvalue weighted by molar-refractivity contribution is 0.360. The summed E-state index contributed by atoms with van der Waals surface area (Å²) in [6.07, 6.45) is 2.24. The number of hydrogen-bond acceptors (Lipinski definition) is 5. The molecular formula is C14H15ClFN3O2. The summed E-state index contributed by atoms with van der Waals surface area (Å²) in [5.41, 5.74) is 0. The zero-order valence-electron chi connectivity index (χ0n) is 11.7. The Bertz CT molecular complexity index is 625. The number of methoxy groups -OCH3 is 1. The van der Waals surface area contributed by atoms with Crippen LogP contribution in [0.5, 0.6) is 17.4 Å². The van der Waals surface area contributed by atoms with E-state index in [4.69, 9.17) is 21.1 Å². The lowest BCUT2D eigenvalue weighted by Gasteiger charge is -2.13. The van der Waals surface area contributed by atoms with Gasteiger partial charge < -0.3 is 14.8 Å². The van der Waals surface area contributed by atoms with Crippen LogP contribution in [-0.2, 0) is 0 Å². The molecule has 5 nitrogen and oxygen atoms in total. The molecule has 1 N–H and O–H groups in total. The van der Waals surface area contributed by atoms with Crippen molar-refractivity contribution in [3.05, 3.63) is 35.4 Å². The van der Waals surface area contributed by atoms with Crippen molar-refractivity contribution in [2.24, 2.45) is 0 Å². The SMILES string of the molecule is CCCNc1ncnc(Oc2cccc(Cl)c2F)c1OC. The molecule has 0 fully saturated rings. The van der Waals surface area contributed by atoms with E-state index >= 15 is 0 Å². The van der Waals surface area contributed by atoms with Crippen LogP contribution in [-0.4, -0.2) is 23.6 Å². The molecule has 0 unspecified atom stereocenters. The Hall–Kier alpha value is -2.08. The zero-order valence-corrected chi connectivity index (χ0v) is 12.4. The summed E-state index contributed by atoms with van der Waals surface area (Å²) in [5, 5.41) is 3.07. The Kier molecular flexibility index (Phi) is 5.16. The molecule has 0 radical (unpaired) electrons. The van der Waals surface area contributed by atoms with Crippen molar-refractivity contribution in [3.63, 3.8) is 0 Å². The maximum Gasteiger partial charge on any atom is 0.268 e. The Labute approximate surface area is 127 Å². The minimum Gasteiger partial charge on any atom is -0.489 e. The second-order valence-corrected chi connectivity index (χ2v) is 4.55. The lowest BCUT2D eigenvalue weighted by atomic mass is 10.3. The Balaban J connectivity index is 2.33. The van der Waals surface area contributed by atoms with Gasteiger partial charge in [-0.1, -0.05) is 24.6 Å². The van der Waals surface area contributed by atoms with E-state index in [0.29, 0.717) is 11.6 Å². The molecule has 2 rings (SSSR count). The highest BCUT2D eigenvalue weighted by Crippen LogP contribution is 2.36. The zero-order chi connectivity index (χ0) is 15.2. The molecule has 0 saturated heterocycles. The molecule has 0 bridgehead atoms. The van der Waals surface area contributed by atoms with Gasteiger partial charge in [0.25, 0.3) is 5.88 Å². The van der Waals surface area contributed by atoms with Gasteiger partial charge in [-0.15, -0.1) is 0 Å². The van der Waals surface area contributed by atoms with Gasteiger partial charge in [-0.2, -0.15) is 4.98 Å². The number of halogens is 2. The average Bonchev–Trinajstić information content (AvgIpc) is 2.50. The summed E-state index contributed by atoms with van der Waals surface area (Å²) in [5.74, 6) is 0.244. The van der Waals surface area contributed by atoms with Gasteiger partial charge in [0, 0.05) is 6.54 Å². The van der Waals surface area contributed by atoms with Gasteiger partial charge in [-0.3, -0.25) is 0 Å². The van der Waals surface area contributed by atoms with Gasteiger partial charge >= 0.3 is 0 Å². The molecule has 0 aliphatic carbocycles. The van der Waals surface area contributed by atoms with Crippen molar-refractivity contribution in [3.8, 4) is 17.4 Å². The third-order valence-corrected chi connectivity index (χ3v) is 2.93. The van der Waals surface area contributed by atoms with Crippen LogP contribution in [0, 0.1) is 5.82 Å². The van der Waals surface area contributed by atoms with E-state index in [0.717, 1.165) is 13.0 Å². The number of hydrogen-bond donors (Lipinski definition) is 1. The number of rotatable bonds is 6. The molecule has 0 saturated carbocycles. The topological polar surface area (TPSA) is 56.3 Å². The second-order valence-electron chi connectivity index (χ2n) is 4.14. The third kappa shape index (κ3) is 3.52. The first kappa shape index (κ1) is 15.3. The fraction of sp³-hybridized carbons (Fsp3) is 0.286. The minimum atomic E-state index is -0.650. The number of nitrogens with one attached hydrogen (secondary N) is 1. The van der Waals surface area contributed by atoms with Gasteiger partial charge in [-0.05, 0) is 18.6 Å². The molecule has 2 aromatic rings. The van der Waals surface area contributed by atoms with Crippen LogP contribution in [0.3, 0.4) is 0 Å². The van der Waals surface area contributed by atoms with E-state index in [-0.39, 0.29) is 16.7 Å². The van der Waals surface area contributed by atoms with Crippen molar-refractivity contribution in [2.75, 3.05) is 19.0 Å². The van der Waals surface area contributed by atoms with Crippen LogP contribution < -0.4 is 14.8 Å². The summed E-state index contributed by atoms with van der Waals surface area (Å²) < 4.78 is 24.6. The van der Waals surface area contributed by atoms with Crippen molar-refractivity contribution in [1.82, 2.24) is 9.97 Å². The molecule has 7 heteroatoms. The monoisotopic (exact) mass is 311 g/mol. The van der Waals surface area contributed by atoms with E-state index in [1.165, 1.54) is 25.6 Å². The molecule has 0 aliphatic rings. The molecule has 0 spiro atoms. The van der Waals surface area contributed by atoms with Crippen LogP contribution in [0.1, 0.15) is 13.3 Å². The van der Waals surface area contributed by atoms with Gasteiger partial charge in [0.15, 0.2) is 17.4 Å². The predicted molar refractivity (Wildman–Crippen MR) is 78.8 cm³/mol. The number of anilines is 1. The van der Waals surface area contributed by atoms with Crippen molar-refractivity contribution < 1.29 is 13.9 Å². The Morgan fingerprint density at radius 2 is 2.14 bits per heavy atom. The average molecular weight is 312 g/mol. The molecule has 1 aromatic carbocycles. The normalized spacial score (nSPS) is 10.3. The first-order valence-corrected chi connectivity index (χ1v) is 6.79. The number of nitrogens with zero attached hydrogens (tertiary/aromatic N) is 2. The van der Waals surface area contributed by atoms with E-state index < -0.39 is 5.82 Å². The maximum atomic E-state index is 13.9. The van der Waals surface area contributed by atoms with Crippen LogP contribution in [0.25, 0.3) is 0 Å². The minimum absolute atomic E-state index is 0.0233. The lowest BCUT2D eigenvalue weighted by Crippen LogP contribution is -2.06. The van der Waals surface area contributed by atoms with Gasteiger partial charge in [0.1, 0.15) is 6.33 Å². The summed E-state index contributed by atoms with van der Waals surface area (Å²) in [4.78, 5) is 8.06. The molecule has 0 atom stereocenters. The maximum absolute atomic E-state index is 13.9. The number of ether oxygens (including phenoxy) is 2. The van der Waals surface area contributed by atoms with E-state index in [1.54, 1.807) is 6.07 Å². The van der Waals surface area contributed by atoms with Crippen LogP contribution in [0.15, 0.2) is 24.5 Å². The van der Waals surface area contributed by atoms with Gasteiger partial charge in [0.05, 0.1) is 12.1 Å². The standard InChI is InChI=1S/C14H15ClFN3O2/c1-3-7-17-13-12(20-2)14(19-8-18-13)21-10-6-4-5-9(15)11(10)16/h4-6,8H,3,7H2,1-2H3,(H,17,18,19). The fourth-order valence-corrected chi connectivity index (χ4v) is 1.82. The molecule has 21 heavy (non-hydrogen) atoms. The summed E-state index contributed by atoms with van der Waals surface area (Å²) in [6, 6.07) is 4.49. The molecule has 1 heterocycles. The number of benzene rings is 1. The summed E-state index contributed by atoms with van der Waals surface area (Å²) >= 11 is 5.72. The van der Waals surface area contributed by atoms with Crippen LogP contribution in [0.2, 0.25) is 5.02 Å². The smallest absolute Gasteiger partial charge is 0.268 e. The third-order valence-electron chi connectivity index (χ3n) is 2.64. The highest BCUT2D eigenvalue weighted by Gasteiger charge is 2.16. The molecule has 112 valence electrons. The Morgan fingerprint density at radius 1 is 1.33 bits per heavy atom. The van der Waals surface area contributed by atoms with E-state index in [9.17, 15) is 4.39 Å². The molecule has 0 amide bonds. The second kappa shape index (κ2) is 7.08. The predicted octanol–water partition coefficient (Wildman–Crippen LogP) is 3.89. The van der Waals surface area contributed by atoms with E-state index in [1.807, 2.05) is 6.92 Å². The Morgan fingerprint density at radius 3 is 2.86 bits per heavy atom. The van der Waals surface area contributed by atoms with Crippen LogP contribution in [0.4, 0.5) is 10.2 Å². The highest BCUT2D eigenvalue weighted by atomic mass is 35.5. The first-order valence-electron chi connectivity index (χ1n) is 6.42. The van der Waals surface area contributed by atoms with Crippen molar-refractivity contribution >= 4 is 17.4 Å². The van der Waals surface area contributed by atoms with Crippen molar-refractivity contribution in [1.29, 1.82) is 0 Å².